The highest BCUT2D eigenvalue weighted by atomic mass is 16.2. The van der Waals surface area contributed by atoms with Crippen molar-refractivity contribution in [3.63, 3.8) is 0 Å². The lowest BCUT2D eigenvalue weighted by atomic mass is 10.0. The van der Waals surface area contributed by atoms with Crippen LogP contribution in [-0.4, -0.2) is 29.8 Å². The minimum absolute atomic E-state index is 0.0946. The van der Waals surface area contributed by atoms with Crippen molar-refractivity contribution < 1.29 is 14.4 Å². The number of amides is 3. The molecule has 0 unspecified atom stereocenters. The molecule has 122 valence electrons. The zero-order chi connectivity index (χ0) is 17.2. The van der Waals surface area contributed by atoms with Gasteiger partial charge in [-0.3, -0.25) is 14.4 Å². The van der Waals surface area contributed by atoms with Gasteiger partial charge in [-0.2, -0.15) is 5.26 Å². The number of benzene rings is 1. The monoisotopic (exact) mass is 316 g/mol. The van der Waals surface area contributed by atoms with E-state index in [1.54, 1.807) is 0 Å². The molecule has 0 fully saturated rings. The summed E-state index contributed by atoms with van der Waals surface area (Å²) >= 11 is 0. The van der Waals surface area contributed by atoms with E-state index < -0.39 is 23.9 Å². The van der Waals surface area contributed by atoms with E-state index in [0.29, 0.717) is 0 Å². The first-order chi connectivity index (χ1) is 10.9. The van der Waals surface area contributed by atoms with Gasteiger partial charge >= 0.3 is 0 Å². The molecule has 0 saturated carbocycles. The third kappa shape index (κ3) is 6.61. The Morgan fingerprint density at radius 1 is 1.17 bits per heavy atom. The molecule has 7 heteroatoms. The van der Waals surface area contributed by atoms with Crippen LogP contribution in [0.1, 0.15) is 25.3 Å². The van der Waals surface area contributed by atoms with Gasteiger partial charge in [-0.1, -0.05) is 30.3 Å². The van der Waals surface area contributed by atoms with Crippen LogP contribution in [0.4, 0.5) is 0 Å². The molecule has 0 bridgehead atoms. The molecular weight excluding hydrogens is 296 g/mol. The molecule has 4 N–H and O–H groups in total. The summed E-state index contributed by atoms with van der Waals surface area (Å²) in [6, 6.07) is 9.33. The van der Waals surface area contributed by atoms with Crippen molar-refractivity contribution in [2.24, 2.45) is 5.73 Å². The fraction of sp³-hybridized carbons (Fsp3) is 0.375. The van der Waals surface area contributed by atoms with Crippen molar-refractivity contribution in [1.82, 2.24) is 10.6 Å². The Bertz CT molecular complexity index is 595. The lowest BCUT2D eigenvalue weighted by Crippen LogP contribution is -2.53. The number of nitrogens with two attached hydrogens (primary N) is 1. The van der Waals surface area contributed by atoms with Crippen LogP contribution >= 0.6 is 0 Å². The quantitative estimate of drug-likeness (QED) is 0.624. The second-order valence-corrected chi connectivity index (χ2v) is 5.10. The van der Waals surface area contributed by atoms with Crippen LogP contribution in [0.15, 0.2) is 30.3 Å². The number of carbonyl (C=O) groups excluding carboxylic acids is 3. The Hall–Kier alpha value is -2.88. The number of nitrogens with one attached hydrogen (secondary N) is 2. The largest absolute Gasteiger partial charge is 0.368 e. The Balaban J connectivity index is 2.80. The Morgan fingerprint density at radius 3 is 2.35 bits per heavy atom. The van der Waals surface area contributed by atoms with Crippen molar-refractivity contribution in [3.05, 3.63) is 35.9 Å². The Morgan fingerprint density at radius 2 is 1.83 bits per heavy atom. The lowest BCUT2D eigenvalue weighted by molar-refractivity contribution is -0.130. The molecule has 0 aliphatic rings. The van der Waals surface area contributed by atoms with E-state index in [4.69, 9.17) is 11.0 Å². The summed E-state index contributed by atoms with van der Waals surface area (Å²) in [4.78, 5) is 35.0. The Kier molecular flexibility index (Phi) is 7.27. The fourth-order valence-electron chi connectivity index (χ4n) is 2.07. The smallest absolute Gasteiger partial charge is 0.243 e. The summed E-state index contributed by atoms with van der Waals surface area (Å²) in [7, 11) is 0. The van der Waals surface area contributed by atoms with E-state index >= 15 is 0 Å². The molecule has 1 rings (SSSR count). The molecule has 1 aromatic carbocycles. The maximum Gasteiger partial charge on any atom is 0.243 e. The number of carbonyl (C=O) groups is 3. The average molecular weight is 316 g/mol. The summed E-state index contributed by atoms with van der Waals surface area (Å²) < 4.78 is 0. The molecule has 23 heavy (non-hydrogen) atoms. The van der Waals surface area contributed by atoms with Gasteiger partial charge in [-0.15, -0.1) is 0 Å². The number of nitriles is 1. The van der Waals surface area contributed by atoms with Crippen LogP contribution in [0.3, 0.4) is 0 Å². The number of nitrogens with zero attached hydrogens (tertiary/aromatic N) is 1. The average Bonchev–Trinajstić information content (AvgIpc) is 2.50. The van der Waals surface area contributed by atoms with Crippen molar-refractivity contribution in [3.8, 4) is 6.07 Å². The molecule has 1 aromatic rings. The van der Waals surface area contributed by atoms with Crippen LogP contribution in [0.5, 0.6) is 0 Å². The highest BCUT2D eigenvalue weighted by Crippen LogP contribution is 2.05. The maximum absolute atomic E-state index is 12.3. The van der Waals surface area contributed by atoms with E-state index in [0.717, 1.165) is 5.56 Å². The SMILES string of the molecule is CC(=O)N[C@H](Cc1ccccc1)C(=O)N[C@H](CCC#N)C(N)=O. The number of primary amides is 1. The van der Waals surface area contributed by atoms with Gasteiger partial charge in [0.1, 0.15) is 12.1 Å². The molecule has 0 heterocycles. The number of hydrogen-bond donors (Lipinski definition) is 3. The standard InChI is InChI=1S/C16H20N4O3/c1-11(21)19-14(10-12-6-3-2-4-7-12)16(23)20-13(15(18)22)8-5-9-17/h2-4,6-7,13-14H,5,8,10H2,1H3,(H2,18,22)(H,19,21)(H,20,23)/t13-,14-/m1/s1. The van der Waals surface area contributed by atoms with Crippen LogP contribution in [0, 0.1) is 11.3 Å². The van der Waals surface area contributed by atoms with Gasteiger partial charge in [0, 0.05) is 19.8 Å². The van der Waals surface area contributed by atoms with E-state index in [9.17, 15) is 14.4 Å². The van der Waals surface area contributed by atoms with Crippen LogP contribution in [0.25, 0.3) is 0 Å². The Labute approximate surface area is 134 Å². The molecule has 0 aliphatic carbocycles. The van der Waals surface area contributed by atoms with Crippen molar-refractivity contribution in [1.29, 1.82) is 5.26 Å². The normalized spacial score (nSPS) is 12.5. The zero-order valence-electron chi connectivity index (χ0n) is 12.9. The number of rotatable bonds is 8. The first-order valence-electron chi connectivity index (χ1n) is 7.21. The highest BCUT2D eigenvalue weighted by molar-refractivity contribution is 5.91. The topological polar surface area (TPSA) is 125 Å². The summed E-state index contributed by atoms with van der Waals surface area (Å²) in [5.74, 6) is -1.57. The van der Waals surface area contributed by atoms with Gasteiger partial charge in [0.15, 0.2) is 0 Å². The molecule has 0 aromatic heterocycles. The first kappa shape index (κ1) is 18.2. The second-order valence-electron chi connectivity index (χ2n) is 5.10. The van der Waals surface area contributed by atoms with E-state index in [-0.39, 0.29) is 25.2 Å². The zero-order valence-corrected chi connectivity index (χ0v) is 12.9. The van der Waals surface area contributed by atoms with E-state index in [2.05, 4.69) is 10.6 Å². The predicted octanol–water partition coefficient (Wildman–Crippen LogP) is 0.00768. The summed E-state index contributed by atoms with van der Waals surface area (Å²) in [6.45, 7) is 1.31. The van der Waals surface area contributed by atoms with Crippen molar-refractivity contribution in [2.75, 3.05) is 0 Å². The van der Waals surface area contributed by atoms with Gasteiger partial charge < -0.3 is 16.4 Å². The molecule has 0 spiro atoms. The summed E-state index contributed by atoms with van der Waals surface area (Å²) in [5.41, 5.74) is 6.10. The molecule has 0 radical (unpaired) electrons. The third-order valence-electron chi connectivity index (χ3n) is 3.18. The first-order valence-corrected chi connectivity index (χ1v) is 7.21. The molecule has 0 aliphatic heterocycles. The van der Waals surface area contributed by atoms with Crippen LogP contribution < -0.4 is 16.4 Å². The van der Waals surface area contributed by atoms with Crippen molar-refractivity contribution in [2.45, 2.75) is 38.3 Å². The fourth-order valence-corrected chi connectivity index (χ4v) is 2.07. The third-order valence-corrected chi connectivity index (χ3v) is 3.18. The van der Waals surface area contributed by atoms with Crippen LogP contribution in [0.2, 0.25) is 0 Å². The number of hydrogen-bond acceptors (Lipinski definition) is 4. The van der Waals surface area contributed by atoms with E-state index in [1.807, 2.05) is 36.4 Å². The molecule has 3 amide bonds. The minimum atomic E-state index is -0.936. The molecule has 7 nitrogen and oxygen atoms in total. The minimum Gasteiger partial charge on any atom is -0.368 e. The van der Waals surface area contributed by atoms with Crippen LogP contribution in [-0.2, 0) is 20.8 Å². The van der Waals surface area contributed by atoms with Gasteiger partial charge in [-0.05, 0) is 12.0 Å². The van der Waals surface area contributed by atoms with Gasteiger partial charge in [0.05, 0.1) is 6.07 Å². The highest BCUT2D eigenvalue weighted by Gasteiger charge is 2.24. The van der Waals surface area contributed by atoms with Gasteiger partial charge in [-0.25, -0.2) is 0 Å². The maximum atomic E-state index is 12.3. The summed E-state index contributed by atoms with van der Waals surface area (Å²) in [6.07, 6.45) is 0.517. The molecule has 0 saturated heterocycles. The predicted molar refractivity (Wildman–Crippen MR) is 83.7 cm³/mol. The van der Waals surface area contributed by atoms with E-state index in [1.165, 1.54) is 6.92 Å². The summed E-state index contributed by atoms with van der Waals surface area (Å²) in [5, 5.41) is 13.6. The lowest BCUT2D eigenvalue weighted by Gasteiger charge is -2.21. The van der Waals surface area contributed by atoms with Gasteiger partial charge in [0.25, 0.3) is 0 Å². The molecular formula is C16H20N4O3. The van der Waals surface area contributed by atoms with Crippen molar-refractivity contribution >= 4 is 17.7 Å². The second kappa shape index (κ2) is 9.20. The van der Waals surface area contributed by atoms with Gasteiger partial charge in [0.2, 0.25) is 17.7 Å². The molecule has 2 atom stereocenters.